The summed E-state index contributed by atoms with van der Waals surface area (Å²) < 4.78 is 73.8. The number of alkyl halides is 6. The molecule has 0 aliphatic heterocycles. The van der Waals surface area contributed by atoms with E-state index in [9.17, 15) is 31.1 Å². The fraction of sp³-hybridized carbons (Fsp3) is 0.133. The van der Waals surface area contributed by atoms with Gasteiger partial charge in [0, 0.05) is 19.0 Å². The van der Waals surface area contributed by atoms with Gasteiger partial charge in [0.1, 0.15) is 0 Å². The lowest BCUT2D eigenvalue weighted by atomic mass is 10.1. The van der Waals surface area contributed by atoms with Gasteiger partial charge < -0.3 is 11.5 Å². The highest BCUT2D eigenvalue weighted by atomic mass is 79.9. The third-order valence-corrected chi connectivity index (χ3v) is 4.99. The number of nitrogen functional groups attached to an aromatic ring is 2. The average Bonchev–Trinajstić information content (AvgIpc) is 2.53. The summed E-state index contributed by atoms with van der Waals surface area (Å²) in [6, 6.07) is 3.44. The van der Waals surface area contributed by atoms with Gasteiger partial charge in [0.2, 0.25) is 0 Å². The molecule has 0 aliphatic rings. The van der Waals surface area contributed by atoms with Crippen molar-refractivity contribution in [1.29, 1.82) is 0 Å². The van der Waals surface area contributed by atoms with Crippen LogP contribution in [0.2, 0.25) is 0 Å². The molecule has 12 heteroatoms. The Morgan fingerprint density at radius 2 is 1.04 bits per heavy atom. The zero-order valence-corrected chi connectivity index (χ0v) is 17.6. The maximum absolute atomic E-state index is 12.2. The lowest BCUT2D eigenvalue weighted by Crippen LogP contribution is -2.07. The number of hydrogen-bond donors (Lipinski definition) is 2. The molecular weight excluding hydrogens is 578 g/mol. The number of hydrogen-bond acceptors (Lipinski definition) is 3. The molecule has 0 bridgehead atoms. The first-order chi connectivity index (χ1) is 12.2. The Labute approximate surface area is 174 Å². The van der Waals surface area contributed by atoms with Crippen LogP contribution in [0.3, 0.4) is 0 Å². The standard InChI is InChI=1S/C8H5BrF3NO.C7H4Br2F3N/c9-6-2-5(8(10,11)12)1-4(3-14)7(6)13;8-4-1-3(7(10,11)12)2-5(9)6(4)13/h1-3H,13H2;1-2H,13H2. The molecule has 0 radical (unpaired) electrons. The van der Waals surface area contributed by atoms with Crippen LogP contribution in [0.4, 0.5) is 37.7 Å². The van der Waals surface area contributed by atoms with Crippen molar-refractivity contribution in [3.05, 3.63) is 54.4 Å². The van der Waals surface area contributed by atoms with Crippen molar-refractivity contribution in [3.63, 3.8) is 0 Å². The van der Waals surface area contributed by atoms with Crippen molar-refractivity contribution in [2.75, 3.05) is 11.5 Å². The number of carbonyl (C=O) groups excluding carboxylic acids is 1. The van der Waals surface area contributed by atoms with E-state index in [2.05, 4.69) is 47.8 Å². The zero-order chi connectivity index (χ0) is 21.2. The molecule has 2 rings (SSSR count). The summed E-state index contributed by atoms with van der Waals surface area (Å²) in [6.07, 6.45) is -8.54. The fourth-order valence-corrected chi connectivity index (χ4v) is 3.31. The van der Waals surface area contributed by atoms with Gasteiger partial charge in [0.25, 0.3) is 0 Å². The van der Waals surface area contributed by atoms with E-state index in [0.29, 0.717) is 6.07 Å². The first-order valence-corrected chi connectivity index (χ1v) is 8.99. The topological polar surface area (TPSA) is 69.1 Å². The van der Waals surface area contributed by atoms with Crippen molar-refractivity contribution in [2.45, 2.75) is 12.4 Å². The second-order valence-electron chi connectivity index (χ2n) is 4.93. The summed E-state index contributed by atoms with van der Waals surface area (Å²) in [5.74, 6) is 0. The molecule has 0 unspecified atom stereocenters. The van der Waals surface area contributed by atoms with Crippen LogP contribution in [0, 0.1) is 0 Å². The van der Waals surface area contributed by atoms with Gasteiger partial charge in [-0.25, -0.2) is 0 Å². The first-order valence-electron chi connectivity index (χ1n) is 6.61. The molecular formula is C15H9Br3F6N2O. The van der Waals surface area contributed by atoms with Gasteiger partial charge in [-0.2, -0.15) is 26.3 Å². The molecule has 0 atom stereocenters. The molecule has 2 aromatic carbocycles. The van der Waals surface area contributed by atoms with Gasteiger partial charge >= 0.3 is 12.4 Å². The number of halogens is 9. The van der Waals surface area contributed by atoms with Crippen LogP contribution in [-0.4, -0.2) is 6.29 Å². The third-order valence-electron chi connectivity index (χ3n) is 3.02. The van der Waals surface area contributed by atoms with E-state index in [0.717, 1.165) is 18.2 Å². The van der Waals surface area contributed by atoms with Gasteiger partial charge in [-0.3, -0.25) is 4.79 Å². The highest BCUT2D eigenvalue weighted by Crippen LogP contribution is 2.37. The minimum Gasteiger partial charge on any atom is -0.397 e. The summed E-state index contributed by atoms with van der Waals surface area (Å²) in [6.45, 7) is 0. The number of anilines is 2. The maximum Gasteiger partial charge on any atom is 0.416 e. The summed E-state index contributed by atoms with van der Waals surface area (Å²) in [5, 5.41) is 0. The molecule has 0 aromatic heterocycles. The van der Waals surface area contributed by atoms with Crippen molar-refractivity contribution in [2.24, 2.45) is 0 Å². The van der Waals surface area contributed by atoms with Crippen LogP contribution in [0.1, 0.15) is 21.5 Å². The monoisotopic (exact) mass is 584 g/mol. The zero-order valence-electron chi connectivity index (χ0n) is 12.9. The molecule has 0 saturated heterocycles. The van der Waals surface area contributed by atoms with E-state index in [-0.39, 0.29) is 36.6 Å². The molecule has 4 N–H and O–H groups in total. The molecule has 0 aliphatic carbocycles. The van der Waals surface area contributed by atoms with Gasteiger partial charge in [-0.05, 0) is 72.1 Å². The van der Waals surface area contributed by atoms with Crippen molar-refractivity contribution < 1.29 is 31.1 Å². The Morgan fingerprint density at radius 3 is 1.37 bits per heavy atom. The van der Waals surface area contributed by atoms with E-state index < -0.39 is 23.5 Å². The largest absolute Gasteiger partial charge is 0.416 e. The van der Waals surface area contributed by atoms with Crippen LogP contribution >= 0.6 is 47.8 Å². The molecule has 27 heavy (non-hydrogen) atoms. The van der Waals surface area contributed by atoms with E-state index in [1.165, 1.54) is 0 Å². The van der Waals surface area contributed by atoms with Gasteiger partial charge in [0.05, 0.1) is 22.5 Å². The normalized spacial score (nSPS) is 11.6. The van der Waals surface area contributed by atoms with Crippen LogP contribution in [0.25, 0.3) is 0 Å². The number of aldehydes is 1. The van der Waals surface area contributed by atoms with Crippen molar-refractivity contribution in [3.8, 4) is 0 Å². The SMILES string of the molecule is Nc1c(Br)cc(C(F)(F)F)cc1Br.Nc1c(Br)cc(C(F)(F)F)cc1C=O. The lowest BCUT2D eigenvalue weighted by Gasteiger charge is -2.09. The maximum atomic E-state index is 12.2. The third kappa shape index (κ3) is 6.39. The number of nitrogens with two attached hydrogens (primary N) is 2. The van der Waals surface area contributed by atoms with Crippen molar-refractivity contribution >= 4 is 65.5 Å². The molecule has 0 amide bonds. The predicted octanol–water partition coefficient (Wildman–Crippen LogP) is 6.68. The number of carbonyl (C=O) groups is 1. The lowest BCUT2D eigenvalue weighted by molar-refractivity contribution is -0.138. The Hall–Kier alpha value is -1.27. The van der Waals surface area contributed by atoms with Crippen LogP contribution in [-0.2, 0) is 12.4 Å². The molecule has 0 heterocycles. The number of benzene rings is 2. The Kier molecular flexibility index (Phi) is 7.77. The quantitative estimate of drug-likeness (QED) is 0.223. The second kappa shape index (κ2) is 8.82. The fourth-order valence-electron chi connectivity index (χ4n) is 1.65. The van der Waals surface area contributed by atoms with E-state index in [1.54, 1.807) is 0 Å². The predicted molar refractivity (Wildman–Crippen MR) is 100 cm³/mol. The highest BCUT2D eigenvalue weighted by molar-refractivity contribution is 9.11. The van der Waals surface area contributed by atoms with E-state index in [4.69, 9.17) is 11.5 Å². The Balaban J connectivity index is 0.000000271. The molecule has 0 spiro atoms. The molecule has 0 fully saturated rings. The van der Waals surface area contributed by atoms with Gasteiger partial charge in [0.15, 0.2) is 6.29 Å². The molecule has 0 saturated carbocycles. The van der Waals surface area contributed by atoms with Gasteiger partial charge in [-0.1, -0.05) is 0 Å². The van der Waals surface area contributed by atoms with Gasteiger partial charge in [-0.15, -0.1) is 0 Å². The first kappa shape index (κ1) is 23.8. The Morgan fingerprint density at radius 1 is 0.704 bits per heavy atom. The minimum atomic E-state index is -4.48. The Bertz CT molecular complexity index is 830. The summed E-state index contributed by atoms with van der Waals surface area (Å²) in [5.41, 5.74) is 9.25. The number of rotatable bonds is 1. The van der Waals surface area contributed by atoms with E-state index >= 15 is 0 Å². The van der Waals surface area contributed by atoms with E-state index in [1.807, 2.05) is 0 Å². The highest BCUT2D eigenvalue weighted by Gasteiger charge is 2.32. The van der Waals surface area contributed by atoms with Crippen LogP contribution in [0.15, 0.2) is 37.7 Å². The smallest absolute Gasteiger partial charge is 0.397 e. The molecule has 148 valence electrons. The van der Waals surface area contributed by atoms with Crippen LogP contribution in [0.5, 0.6) is 0 Å². The average molecular weight is 587 g/mol. The summed E-state index contributed by atoms with van der Waals surface area (Å²) in [4.78, 5) is 10.4. The summed E-state index contributed by atoms with van der Waals surface area (Å²) >= 11 is 8.71. The molecule has 2 aromatic rings. The van der Waals surface area contributed by atoms with Crippen LogP contribution < -0.4 is 11.5 Å². The summed E-state index contributed by atoms with van der Waals surface area (Å²) in [7, 11) is 0. The minimum absolute atomic E-state index is 0.00741. The second-order valence-corrected chi connectivity index (χ2v) is 7.49. The van der Waals surface area contributed by atoms with Crippen molar-refractivity contribution in [1.82, 2.24) is 0 Å². The molecule has 3 nitrogen and oxygen atoms in total.